The van der Waals surface area contributed by atoms with Crippen LogP contribution < -0.4 is 10.2 Å². The van der Waals surface area contributed by atoms with Crippen molar-refractivity contribution in [3.63, 3.8) is 0 Å². The summed E-state index contributed by atoms with van der Waals surface area (Å²) in [6, 6.07) is 10.6. The number of anilines is 2. The Hall–Kier alpha value is -2.46. The Kier molecular flexibility index (Phi) is 6.49. The predicted octanol–water partition coefficient (Wildman–Crippen LogP) is 5.30. The molecule has 188 valence electrons. The van der Waals surface area contributed by atoms with Crippen LogP contribution in [0, 0.1) is 0 Å². The molecule has 1 N–H and O–H groups in total. The highest BCUT2D eigenvalue weighted by molar-refractivity contribution is 7.98. The van der Waals surface area contributed by atoms with Crippen molar-refractivity contribution >= 4 is 55.2 Å². The van der Waals surface area contributed by atoms with Crippen LogP contribution in [0.3, 0.4) is 0 Å². The molecule has 0 aliphatic carbocycles. The molecule has 1 aromatic carbocycles. The van der Waals surface area contributed by atoms with E-state index in [0.717, 1.165) is 77.5 Å². The third kappa shape index (κ3) is 4.53. The molecule has 1 fully saturated rings. The van der Waals surface area contributed by atoms with E-state index < -0.39 is 0 Å². The molecule has 5 heterocycles. The molecular weight excluding hydrogens is 490 g/mol. The maximum absolute atomic E-state index is 6.28. The van der Waals surface area contributed by atoms with Gasteiger partial charge in [0.2, 0.25) is 0 Å². The van der Waals surface area contributed by atoms with E-state index in [1.165, 1.54) is 22.1 Å². The number of rotatable bonds is 6. The zero-order chi connectivity index (χ0) is 24.7. The molecule has 4 aromatic rings. The average molecular weight is 522 g/mol. The third-order valence-electron chi connectivity index (χ3n) is 6.89. The van der Waals surface area contributed by atoms with Crippen molar-refractivity contribution in [2.24, 2.45) is 0 Å². The number of hydrogen-bond acceptors (Lipinski definition) is 9. The van der Waals surface area contributed by atoms with Crippen LogP contribution in [0.5, 0.6) is 0 Å². The second-order valence-electron chi connectivity index (χ2n) is 9.90. The van der Waals surface area contributed by atoms with Crippen molar-refractivity contribution in [3.8, 4) is 0 Å². The van der Waals surface area contributed by atoms with Gasteiger partial charge >= 0.3 is 0 Å². The highest BCUT2D eigenvalue weighted by Crippen LogP contribution is 2.44. The number of nitrogens with one attached hydrogen (secondary N) is 1. The zero-order valence-corrected chi connectivity index (χ0v) is 22.6. The van der Waals surface area contributed by atoms with Crippen LogP contribution in [-0.4, -0.2) is 59.7 Å². The SMILES string of the molecule is CSc1nc(NCCc2ccccc2)c2sc3nc(N4CCOCC4)c4c(c3c2n1)CC(C)(C)OC4. The van der Waals surface area contributed by atoms with Crippen LogP contribution in [0.2, 0.25) is 0 Å². The van der Waals surface area contributed by atoms with Gasteiger partial charge in [-0.05, 0) is 37.7 Å². The Bertz CT molecular complexity index is 1400. The lowest BCUT2D eigenvalue weighted by atomic mass is 9.90. The lowest BCUT2D eigenvalue weighted by Crippen LogP contribution is -2.39. The van der Waals surface area contributed by atoms with Crippen LogP contribution >= 0.6 is 23.1 Å². The summed E-state index contributed by atoms with van der Waals surface area (Å²) in [6.07, 6.45) is 3.80. The highest BCUT2D eigenvalue weighted by Gasteiger charge is 2.33. The molecular formula is C27H31N5O2S2. The van der Waals surface area contributed by atoms with E-state index in [-0.39, 0.29) is 5.60 Å². The van der Waals surface area contributed by atoms with Crippen LogP contribution in [-0.2, 0) is 28.9 Å². The Morgan fingerprint density at radius 2 is 1.89 bits per heavy atom. The molecule has 1 saturated heterocycles. The van der Waals surface area contributed by atoms with Gasteiger partial charge in [0.25, 0.3) is 0 Å². The topological polar surface area (TPSA) is 72.4 Å². The first-order valence-electron chi connectivity index (χ1n) is 12.5. The second-order valence-corrected chi connectivity index (χ2v) is 11.7. The highest BCUT2D eigenvalue weighted by atomic mass is 32.2. The van der Waals surface area contributed by atoms with Gasteiger partial charge in [0, 0.05) is 37.0 Å². The Balaban J connectivity index is 1.48. The third-order valence-corrected chi connectivity index (χ3v) is 8.52. The maximum atomic E-state index is 6.28. The molecule has 0 unspecified atom stereocenters. The van der Waals surface area contributed by atoms with Gasteiger partial charge in [-0.25, -0.2) is 15.0 Å². The van der Waals surface area contributed by atoms with Gasteiger partial charge in [0.1, 0.15) is 16.5 Å². The number of morpholine rings is 1. The van der Waals surface area contributed by atoms with Crippen LogP contribution in [0.15, 0.2) is 35.5 Å². The monoisotopic (exact) mass is 521 g/mol. The Morgan fingerprint density at radius 1 is 1.08 bits per heavy atom. The van der Waals surface area contributed by atoms with E-state index in [1.54, 1.807) is 23.1 Å². The Morgan fingerprint density at radius 3 is 2.67 bits per heavy atom. The van der Waals surface area contributed by atoms with Gasteiger partial charge < -0.3 is 19.7 Å². The fourth-order valence-corrected chi connectivity index (χ4v) is 6.53. The fraction of sp³-hybridized carbons (Fsp3) is 0.444. The second kappa shape index (κ2) is 9.78. The summed E-state index contributed by atoms with van der Waals surface area (Å²) in [7, 11) is 0. The average Bonchev–Trinajstić information content (AvgIpc) is 3.27. The standard InChI is InChI=1S/C27H31N5O2S2/c1-27(2)15-18-19(16-34-27)24(32-11-13-33-14-12-32)31-25-20(18)21-22(36-25)23(30-26(29-21)35-3)28-10-9-17-7-5-4-6-8-17/h4-8H,9-16H2,1-3H3,(H,28,29,30). The number of aromatic nitrogens is 3. The van der Waals surface area contributed by atoms with Crippen molar-refractivity contribution in [3.05, 3.63) is 47.0 Å². The molecule has 2 aliphatic heterocycles. The van der Waals surface area contributed by atoms with Crippen molar-refractivity contribution in [1.82, 2.24) is 15.0 Å². The zero-order valence-electron chi connectivity index (χ0n) is 21.0. The van der Waals surface area contributed by atoms with Crippen molar-refractivity contribution in [2.45, 2.75) is 44.1 Å². The number of thiophene rings is 1. The smallest absolute Gasteiger partial charge is 0.189 e. The number of thioether (sulfide) groups is 1. The number of hydrogen-bond donors (Lipinski definition) is 1. The van der Waals surface area contributed by atoms with E-state index in [4.69, 9.17) is 24.4 Å². The van der Waals surface area contributed by atoms with E-state index in [0.29, 0.717) is 6.61 Å². The summed E-state index contributed by atoms with van der Waals surface area (Å²) >= 11 is 3.28. The van der Waals surface area contributed by atoms with Gasteiger partial charge in [-0.3, -0.25) is 0 Å². The predicted molar refractivity (Wildman–Crippen MR) is 149 cm³/mol. The summed E-state index contributed by atoms with van der Waals surface area (Å²) in [5.41, 5.74) is 4.61. The lowest BCUT2D eigenvalue weighted by molar-refractivity contribution is -0.0396. The van der Waals surface area contributed by atoms with Gasteiger partial charge in [-0.15, -0.1) is 11.3 Å². The number of fused-ring (bicyclic) bond motifs is 5. The first-order valence-corrected chi connectivity index (χ1v) is 14.5. The van der Waals surface area contributed by atoms with E-state index in [9.17, 15) is 0 Å². The van der Waals surface area contributed by atoms with Gasteiger partial charge in [0.05, 0.1) is 35.6 Å². The summed E-state index contributed by atoms with van der Waals surface area (Å²) < 4.78 is 13.0. The summed E-state index contributed by atoms with van der Waals surface area (Å²) in [4.78, 5) is 18.5. The van der Waals surface area contributed by atoms with Crippen molar-refractivity contribution in [1.29, 1.82) is 0 Å². The molecule has 2 aliphatic rings. The minimum Gasteiger partial charge on any atom is -0.378 e. The maximum Gasteiger partial charge on any atom is 0.189 e. The van der Waals surface area contributed by atoms with Crippen molar-refractivity contribution < 1.29 is 9.47 Å². The first-order chi connectivity index (χ1) is 17.5. The van der Waals surface area contributed by atoms with E-state index >= 15 is 0 Å². The number of pyridine rings is 1. The first kappa shape index (κ1) is 23.9. The number of nitrogens with zero attached hydrogens (tertiary/aromatic N) is 4. The van der Waals surface area contributed by atoms with Crippen LogP contribution in [0.25, 0.3) is 20.4 Å². The molecule has 0 spiro atoms. The quantitative estimate of drug-likeness (QED) is 0.271. The largest absolute Gasteiger partial charge is 0.378 e. The molecule has 0 atom stereocenters. The van der Waals surface area contributed by atoms with Gasteiger partial charge in [0.15, 0.2) is 5.16 Å². The summed E-state index contributed by atoms with van der Waals surface area (Å²) in [6.45, 7) is 8.87. The molecule has 0 saturated carbocycles. The fourth-order valence-electron chi connectivity index (χ4n) is 5.05. The van der Waals surface area contributed by atoms with E-state index in [2.05, 4.69) is 54.4 Å². The Labute approximate surface area is 219 Å². The summed E-state index contributed by atoms with van der Waals surface area (Å²) in [5, 5.41) is 5.56. The van der Waals surface area contributed by atoms with Crippen LogP contribution in [0.4, 0.5) is 11.6 Å². The molecule has 36 heavy (non-hydrogen) atoms. The molecule has 3 aromatic heterocycles. The van der Waals surface area contributed by atoms with Crippen molar-refractivity contribution in [2.75, 3.05) is 49.3 Å². The van der Waals surface area contributed by atoms with Gasteiger partial charge in [-0.1, -0.05) is 42.1 Å². The number of benzene rings is 1. The molecule has 6 rings (SSSR count). The molecule has 0 radical (unpaired) electrons. The van der Waals surface area contributed by atoms with E-state index in [1.807, 2.05) is 6.26 Å². The number of ether oxygens (including phenoxy) is 2. The summed E-state index contributed by atoms with van der Waals surface area (Å²) in [5.74, 6) is 1.94. The lowest BCUT2D eigenvalue weighted by Gasteiger charge is -2.36. The minimum atomic E-state index is -0.232. The normalized spacial score (nSPS) is 17.5. The molecule has 0 amide bonds. The van der Waals surface area contributed by atoms with Crippen LogP contribution in [0.1, 0.15) is 30.5 Å². The minimum absolute atomic E-state index is 0.232. The molecule has 0 bridgehead atoms. The molecule has 7 nitrogen and oxygen atoms in total. The van der Waals surface area contributed by atoms with Gasteiger partial charge in [-0.2, -0.15) is 0 Å². The molecule has 9 heteroatoms.